The minimum Gasteiger partial charge on any atom is -0.358 e. The minimum absolute atomic E-state index is 0.0268. The summed E-state index contributed by atoms with van der Waals surface area (Å²) >= 11 is 0. The van der Waals surface area contributed by atoms with Crippen molar-refractivity contribution >= 4 is 40.0 Å². The Labute approximate surface area is 178 Å². The molecular weight excluding hydrogens is 400 g/mol. The third kappa shape index (κ3) is 3.61. The van der Waals surface area contributed by atoms with E-state index in [9.17, 15) is 13.8 Å². The highest BCUT2D eigenvalue weighted by atomic mass is 32.2. The highest BCUT2D eigenvalue weighted by Gasteiger charge is 2.28. The van der Waals surface area contributed by atoms with Crippen LogP contribution in [0.1, 0.15) is 32.9 Å². The molecule has 1 unspecified atom stereocenters. The van der Waals surface area contributed by atoms with E-state index in [0.29, 0.717) is 34.8 Å². The number of anilines is 1. The average molecular weight is 427 g/mol. The third-order valence-electron chi connectivity index (χ3n) is 5.88. The van der Waals surface area contributed by atoms with Gasteiger partial charge in [-0.15, -0.1) is 0 Å². The maximum atomic E-state index is 13.1. The molecule has 7 nitrogen and oxygen atoms in total. The molecule has 3 heterocycles. The van der Waals surface area contributed by atoms with Gasteiger partial charge in [-0.05, 0) is 50.7 Å². The van der Waals surface area contributed by atoms with E-state index in [1.54, 1.807) is 30.5 Å². The van der Waals surface area contributed by atoms with Crippen LogP contribution in [0.25, 0.3) is 11.6 Å². The van der Waals surface area contributed by atoms with Gasteiger partial charge in [0.25, 0.3) is 11.8 Å². The van der Waals surface area contributed by atoms with Crippen LogP contribution in [0.4, 0.5) is 5.69 Å². The molecule has 0 bridgehead atoms. The highest BCUT2D eigenvalue weighted by Crippen LogP contribution is 2.35. The lowest BCUT2D eigenvalue weighted by Gasteiger charge is -2.32. The number of benzene rings is 1. The van der Waals surface area contributed by atoms with Gasteiger partial charge >= 0.3 is 0 Å². The van der Waals surface area contributed by atoms with E-state index in [4.69, 9.17) is 0 Å². The fourth-order valence-corrected chi connectivity index (χ4v) is 4.58. The van der Waals surface area contributed by atoms with Crippen molar-refractivity contribution in [2.75, 3.05) is 44.8 Å². The molecular formula is C22H26N4O3S. The Kier molecular flexibility index (Phi) is 5.38. The van der Waals surface area contributed by atoms with Gasteiger partial charge in [-0.3, -0.25) is 13.8 Å². The van der Waals surface area contributed by atoms with Gasteiger partial charge < -0.3 is 20.1 Å². The second kappa shape index (κ2) is 7.85. The minimum atomic E-state index is -1.14. The molecule has 4 rings (SSSR count). The molecule has 1 aromatic heterocycles. The number of nitrogens with one attached hydrogen (secondary N) is 2. The number of carbonyl (C=O) groups is 2. The monoisotopic (exact) mass is 426 g/mol. The summed E-state index contributed by atoms with van der Waals surface area (Å²) in [5.41, 5.74) is 4.98. The lowest BCUT2D eigenvalue weighted by molar-refractivity contribution is -0.110. The molecule has 1 fully saturated rings. The second-order valence-corrected chi connectivity index (χ2v) is 9.31. The van der Waals surface area contributed by atoms with Gasteiger partial charge in [0, 0.05) is 70.8 Å². The number of amides is 2. The zero-order chi connectivity index (χ0) is 21.6. The van der Waals surface area contributed by atoms with Crippen molar-refractivity contribution in [2.24, 2.45) is 0 Å². The molecule has 0 spiro atoms. The van der Waals surface area contributed by atoms with Crippen LogP contribution in [0, 0.1) is 13.8 Å². The molecule has 0 saturated carbocycles. The van der Waals surface area contributed by atoms with Crippen molar-refractivity contribution in [2.45, 2.75) is 18.7 Å². The lowest BCUT2D eigenvalue weighted by Crippen LogP contribution is -2.47. The molecule has 0 aliphatic carbocycles. The summed E-state index contributed by atoms with van der Waals surface area (Å²) in [5.74, 6) is -0.179. The number of carbonyl (C=O) groups excluding carboxylic acids is 2. The highest BCUT2D eigenvalue weighted by molar-refractivity contribution is 7.84. The van der Waals surface area contributed by atoms with E-state index in [1.165, 1.54) is 0 Å². The average Bonchev–Trinajstić information content (AvgIpc) is 3.17. The predicted molar refractivity (Wildman–Crippen MR) is 119 cm³/mol. The van der Waals surface area contributed by atoms with Crippen LogP contribution in [0.3, 0.4) is 0 Å². The van der Waals surface area contributed by atoms with E-state index in [2.05, 4.69) is 22.2 Å². The van der Waals surface area contributed by atoms with Crippen molar-refractivity contribution in [3.05, 3.63) is 46.3 Å². The fourth-order valence-electron chi connectivity index (χ4n) is 4.04. The first-order chi connectivity index (χ1) is 14.3. The first-order valence-electron chi connectivity index (χ1n) is 9.94. The van der Waals surface area contributed by atoms with Gasteiger partial charge in [-0.1, -0.05) is 0 Å². The number of aromatic nitrogens is 1. The number of aryl methyl sites for hydroxylation is 1. The van der Waals surface area contributed by atoms with Crippen molar-refractivity contribution in [3.8, 4) is 0 Å². The Morgan fingerprint density at radius 1 is 1.17 bits per heavy atom. The van der Waals surface area contributed by atoms with Crippen molar-refractivity contribution < 1.29 is 13.8 Å². The number of hydrogen-bond donors (Lipinski definition) is 2. The Balaban J connectivity index is 1.70. The van der Waals surface area contributed by atoms with Crippen molar-refractivity contribution in [1.82, 2.24) is 14.8 Å². The van der Waals surface area contributed by atoms with Crippen LogP contribution < -0.4 is 5.32 Å². The van der Waals surface area contributed by atoms with Crippen LogP contribution in [0.5, 0.6) is 0 Å². The van der Waals surface area contributed by atoms with Gasteiger partial charge in [-0.25, -0.2) is 0 Å². The zero-order valence-electron chi connectivity index (χ0n) is 17.7. The van der Waals surface area contributed by atoms with Crippen LogP contribution in [0.15, 0.2) is 23.1 Å². The Hall–Kier alpha value is -2.71. The molecule has 2 aliphatic heterocycles. The number of likely N-dealkylation sites (N-methyl/N-ethyl adjacent to an activating group) is 1. The van der Waals surface area contributed by atoms with Crippen LogP contribution in [-0.2, 0) is 15.6 Å². The fraction of sp³-hybridized carbons (Fsp3) is 0.364. The van der Waals surface area contributed by atoms with Gasteiger partial charge in [0.05, 0.1) is 11.1 Å². The van der Waals surface area contributed by atoms with Gasteiger partial charge in [-0.2, -0.15) is 0 Å². The molecule has 2 N–H and O–H groups in total. The summed E-state index contributed by atoms with van der Waals surface area (Å²) in [6.45, 7) is 6.95. The molecule has 1 saturated heterocycles. The Morgan fingerprint density at radius 2 is 1.87 bits per heavy atom. The summed E-state index contributed by atoms with van der Waals surface area (Å²) < 4.78 is 11.9. The maximum absolute atomic E-state index is 13.1. The topological polar surface area (TPSA) is 85.5 Å². The summed E-state index contributed by atoms with van der Waals surface area (Å²) in [6.07, 6.45) is 3.40. The SMILES string of the molecule is Cc1[nH]c(C=C2C(=O)Nc3ccc(S(C)=O)cc32)c(C)c1C(=O)N1CCN(C)CC1. The van der Waals surface area contributed by atoms with E-state index in [-0.39, 0.29) is 11.8 Å². The number of aromatic amines is 1. The summed E-state index contributed by atoms with van der Waals surface area (Å²) in [6, 6.07) is 5.32. The first-order valence-corrected chi connectivity index (χ1v) is 11.5. The molecule has 30 heavy (non-hydrogen) atoms. The lowest BCUT2D eigenvalue weighted by atomic mass is 10.0. The molecule has 0 radical (unpaired) electrons. The normalized spacial score (nSPS) is 19.1. The van der Waals surface area contributed by atoms with Crippen LogP contribution in [0.2, 0.25) is 0 Å². The standard InChI is InChI=1S/C22H26N4O3S/c1-13-19(23-14(2)20(13)22(28)26-9-7-25(3)8-10-26)12-17-16-11-15(30(4)29)5-6-18(16)24-21(17)27/h5-6,11-12,23H,7-10H2,1-4H3,(H,24,27). The summed E-state index contributed by atoms with van der Waals surface area (Å²) in [5, 5.41) is 2.85. The molecule has 1 aromatic carbocycles. The number of hydrogen-bond acceptors (Lipinski definition) is 4. The van der Waals surface area contributed by atoms with Crippen molar-refractivity contribution in [3.63, 3.8) is 0 Å². The van der Waals surface area contributed by atoms with E-state index < -0.39 is 10.8 Å². The van der Waals surface area contributed by atoms with Gasteiger partial charge in [0.15, 0.2) is 0 Å². The summed E-state index contributed by atoms with van der Waals surface area (Å²) in [7, 11) is 0.921. The largest absolute Gasteiger partial charge is 0.358 e. The van der Waals surface area contributed by atoms with E-state index in [1.807, 2.05) is 18.7 Å². The van der Waals surface area contributed by atoms with E-state index >= 15 is 0 Å². The van der Waals surface area contributed by atoms with Crippen LogP contribution >= 0.6 is 0 Å². The zero-order valence-corrected chi connectivity index (χ0v) is 18.5. The second-order valence-electron chi connectivity index (χ2n) is 7.93. The van der Waals surface area contributed by atoms with Crippen molar-refractivity contribution in [1.29, 1.82) is 0 Å². The smallest absolute Gasteiger partial charge is 0.256 e. The molecule has 2 amide bonds. The molecule has 158 valence electrons. The Bertz CT molecular complexity index is 1090. The molecule has 2 aromatic rings. The quantitative estimate of drug-likeness (QED) is 0.738. The Morgan fingerprint density at radius 3 is 2.53 bits per heavy atom. The van der Waals surface area contributed by atoms with Gasteiger partial charge in [0.2, 0.25) is 0 Å². The number of H-pyrrole nitrogens is 1. The first kappa shape index (κ1) is 20.6. The number of fused-ring (bicyclic) bond motifs is 1. The predicted octanol–water partition coefficient (Wildman–Crippen LogP) is 2.25. The van der Waals surface area contributed by atoms with E-state index in [0.717, 1.165) is 35.6 Å². The third-order valence-corrected chi connectivity index (χ3v) is 6.79. The molecule has 1 atom stereocenters. The molecule has 8 heteroatoms. The van der Waals surface area contributed by atoms with Gasteiger partial charge in [0.1, 0.15) is 0 Å². The number of nitrogens with zero attached hydrogens (tertiary/aromatic N) is 2. The number of rotatable bonds is 3. The summed E-state index contributed by atoms with van der Waals surface area (Å²) in [4.78, 5) is 33.8. The van der Waals surface area contributed by atoms with Crippen LogP contribution in [-0.4, -0.2) is 70.3 Å². The number of piperazine rings is 1. The maximum Gasteiger partial charge on any atom is 0.256 e. The molecule has 2 aliphatic rings.